The van der Waals surface area contributed by atoms with E-state index in [4.69, 9.17) is 5.73 Å². The van der Waals surface area contributed by atoms with Gasteiger partial charge in [0.05, 0.1) is 12.1 Å². The van der Waals surface area contributed by atoms with Gasteiger partial charge in [-0.15, -0.1) is 21.5 Å². The summed E-state index contributed by atoms with van der Waals surface area (Å²) in [6, 6.07) is 9.37. The van der Waals surface area contributed by atoms with Crippen molar-refractivity contribution in [2.75, 3.05) is 31.1 Å². The van der Waals surface area contributed by atoms with E-state index in [1.807, 2.05) is 28.0 Å². The standard InChI is InChI=1S/C20H21N7O2S/c1-24-19(29)17-15(6-11-30-17)27-16(22-23-20(24)27)12-25-7-9-26(10-8-25)14-4-2-13(3-5-14)18(21)28/h2-6,11H,7-10,12H2,1H3,(H2,21,28). The third kappa shape index (κ3) is 3.04. The fourth-order valence-electron chi connectivity index (χ4n) is 3.96. The Morgan fingerprint density at radius 2 is 1.83 bits per heavy atom. The number of amides is 1. The fraction of sp³-hybridized carbons (Fsp3) is 0.300. The van der Waals surface area contributed by atoms with E-state index < -0.39 is 5.91 Å². The molecule has 0 saturated carbocycles. The first-order valence-electron chi connectivity index (χ1n) is 9.70. The summed E-state index contributed by atoms with van der Waals surface area (Å²) in [7, 11) is 1.73. The summed E-state index contributed by atoms with van der Waals surface area (Å²) in [4.78, 5) is 28.4. The molecule has 2 N–H and O–H groups in total. The Hall–Kier alpha value is -3.24. The van der Waals surface area contributed by atoms with Gasteiger partial charge in [0, 0.05) is 44.5 Å². The first kappa shape index (κ1) is 18.8. The average molecular weight is 424 g/mol. The maximum absolute atomic E-state index is 12.5. The lowest BCUT2D eigenvalue weighted by Crippen LogP contribution is -2.46. The molecule has 0 unspecified atom stereocenters. The Balaban J connectivity index is 1.34. The first-order valence-corrected chi connectivity index (χ1v) is 10.6. The number of thiophene rings is 1. The number of nitrogens with zero attached hydrogens (tertiary/aromatic N) is 6. The van der Waals surface area contributed by atoms with Gasteiger partial charge in [0.15, 0.2) is 5.82 Å². The zero-order valence-corrected chi connectivity index (χ0v) is 17.3. The highest BCUT2D eigenvalue weighted by atomic mass is 32.1. The van der Waals surface area contributed by atoms with Crippen LogP contribution < -0.4 is 16.2 Å². The van der Waals surface area contributed by atoms with Crippen molar-refractivity contribution in [2.24, 2.45) is 12.8 Å². The molecule has 1 amide bonds. The van der Waals surface area contributed by atoms with Crippen molar-refractivity contribution >= 4 is 38.9 Å². The normalized spacial score (nSPS) is 15.3. The lowest BCUT2D eigenvalue weighted by Gasteiger charge is -2.35. The van der Waals surface area contributed by atoms with Gasteiger partial charge in [-0.3, -0.25) is 23.5 Å². The van der Waals surface area contributed by atoms with Crippen LogP contribution in [0.5, 0.6) is 0 Å². The van der Waals surface area contributed by atoms with E-state index >= 15 is 0 Å². The molecule has 154 valence electrons. The van der Waals surface area contributed by atoms with Gasteiger partial charge in [0.2, 0.25) is 11.7 Å². The SMILES string of the molecule is Cn1c(=O)c2sccc2n2c(CN3CCN(c4ccc(C(N)=O)cc4)CC3)nnc12. The zero-order chi connectivity index (χ0) is 20.8. The second-order valence-electron chi connectivity index (χ2n) is 7.43. The number of hydrogen-bond donors (Lipinski definition) is 1. The number of benzene rings is 1. The molecule has 9 nitrogen and oxygen atoms in total. The van der Waals surface area contributed by atoms with Gasteiger partial charge in [-0.25, -0.2) is 0 Å². The van der Waals surface area contributed by atoms with Crippen molar-refractivity contribution in [1.29, 1.82) is 0 Å². The number of aromatic nitrogens is 4. The lowest BCUT2D eigenvalue weighted by molar-refractivity contribution is 0.100. The van der Waals surface area contributed by atoms with Crippen LogP contribution >= 0.6 is 11.3 Å². The molecule has 1 fully saturated rings. The molecule has 1 saturated heterocycles. The summed E-state index contributed by atoms with van der Waals surface area (Å²) in [6.07, 6.45) is 0. The molecule has 30 heavy (non-hydrogen) atoms. The van der Waals surface area contributed by atoms with Crippen LogP contribution in [0.2, 0.25) is 0 Å². The molecule has 0 bridgehead atoms. The van der Waals surface area contributed by atoms with Gasteiger partial charge in [0.25, 0.3) is 5.56 Å². The van der Waals surface area contributed by atoms with Gasteiger partial charge < -0.3 is 10.6 Å². The number of carbonyl (C=O) groups is 1. The van der Waals surface area contributed by atoms with E-state index in [0.717, 1.165) is 47.9 Å². The van der Waals surface area contributed by atoms with Gasteiger partial charge in [0.1, 0.15) is 4.70 Å². The number of hydrogen-bond acceptors (Lipinski definition) is 7. The molecule has 0 aliphatic carbocycles. The predicted octanol–water partition coefficient (Wildman–Crippen LogP) is 1.06. The van der Waals surface area contributed by atoms with Crippen LogP contribution in [0.4, 0.5) is 5.69 Å². The van der Waals surface area contributed by atoms with Crippen LogP contribution in [0.15, 0.2) is 40.5 Å². The summed E-state index contributed by atoms with van der Waals surface area (Å²) in [6.45, 7) is 4.17. The number of anilines is 1. The van der Waals surface area contributed by atoms with E-state index in [0.29, 0.717) is 17.9 Å². The number of primary amides is 1. The van der Waals surface area contributed by atoms with Crippen LogP contribution in [0, 0.1) is 0 Å². The molecule has 0 spiro atoms. The number of aryl methyl sites for hydroxylation is 1. The number of carbonyl (C=O) groups excluding carboxylic acids is 1. The van der Waals surface area contributed by atoms with E-state index in [9.17, 15) is 9.59 Å². The molecule has 5 rings (SSSR count). The van der Waals surface area contributed by atoms with Crippen LogP contribution in [-0.4, -0.2) is 56.2 Å². The monoisotopic (exact) mass is 423 g/mol. The predicted molar refractivity (Wildman–Crippen MR) is 116 cm³/mol. The Kier molecular flexibility index (Phi) is 4.52. The van der Waals surface area contributed by atoms with Crippen LogP contribution in [0.3, 0.4) is 0 Å². The van der Waals surface area contributed by atoms with E-state index in [2.05, 4.69) is 20.0 Å². The van der Waals surface area contributed by atoms with Crippen molar-refractivity contribution in [1.82, 2.24) is 24.1 Å². The maximum Gasteiger partial charge on any atom is 0.272 e. The zero-order valence-electron chi connectivity index (χ0n) is 16.5. The first-order chi connectivity index (χ1) is 14.5. The molecule has 1 aromatic carbocycles. The van der Waals surface area contributed by atoms with Crippen molar-refractivity contribution in [2.45, 2.75) is 6.54 Å². The minimum Gasteiger partial charge on any atom is -0.369 e. The van der Waals surface area contributed by atoms with Gasteiger partial charge in [-0.05, 0) is 35.7 Å². The minimum absolute atomic E-state index is 0.0394. The van der Waals surface area contributed by atoms with E-state index in [-0.39, 0.29) is 5.56 Å². The fourth-order valence-corrected chi connectivity index (χ4v) is 4.81. The lowest BCUT2D eigenvalue weighted by atomic mass is 10.1. The Morgan fingerprint density at radius 1 is 1.10 bits per heavy atom. The van der Waals surface area contributed by atoms with Crippen molar-refractivity contribution in [3.8, 4) is 0 Å². The summed E-state index contributed by atoms with van der Waals surface area (Å²) in [5.41, 5.74) is 7.75. The highest BCUT2D eigenvalue weighted by molar-refractivity contribution is 7.17. The molecule has 1 aliphatic rings. The summed E-state index contributed by atoms with van der Waals surface area (Å²) >= 11 is 1.44. The molecule has 4 heterocycles. The van der Waals surface area contributed by atoms with E-state index in [1.54, 1.807) is 23.7 Å². The van der Waals surface area contributed by atoms with Gasteiger partial charge >= 0.3 is 0 Å². The Morgan fingerprint density at radius 3 is 2.53 bits per heavy atom. The third-order valence-corrected chi connectivity index (χ3v) is 6.54. The smallest absolute Gasteiger partial charge is 0.272 e. The Bertz CT molecular complexity index is 1300. The van der Waals surface area contributed by atoms with Crippen LogP contribution in [0.25, 0.3) is 16.0 Å². The van der Waals surface area contributed by atoms with Crippen molar-refractivity contribution in [3.63, 3.8) is 0 Å². The molecule has 1 aliphatic heterocycles. The largest absolute Gasteiger partial charge is 0.369 e. The quantitative estimate of drug-likeness (QED) is 0.527. The van der Waals surface area contributed by atoms with Crippen molar-refractivity contribution in [3.05, 3.63) is 57.5 Å². The van der Waals surface area contributed by atoms with Crippen molar-refractivity contribution < 1.29 is 4.79 Å². The molecular weight excluding hydrogens is 402 g/mol. The minimum atomic E-state index is -0.413. The molecule has 3 aromatic heterocycles. The number of rotatable bonds is 4. The average Bonchev–Trinajstić information content (AvgIpc) is 3.40. The maximum atomic E-state index is 12.5. The number of piperazine rings is 1. The summed E-state index contributed by atoms with van der Waals surface area (Å²) in [5.74, 6) is 0.987. The molecule has 0 radical (unpaired) electrons. The van der Waals surface area contributed by atoms with Crippen LogP contribution in [0.1, 0.15) is 16.2 Å². The third-order valence-electron chi connectivity index (χ3n) is 5.65. The van der Waals surface area contributed by atoms with Gasteiger partial charge in [-0.2, -0.15) is 0 Å². The van der Waals surface area contributed by atoms with Crippen LogP contribution in [-0.2, 0) is 13.6 Å². The molecule has 4 aromatic rings. The Labute approximate surface area is 175 Å². The second kappa shape index (κ2) is 7.22. The summed E-state index contributed by atoms with van der Waals surface area (Å²) < 4.78 is 4.26. The molecule has 10 heteroatoms. The highest BCUT2D eigenvalue weighted by Crippen LogP contribution is 2.21. The second-order valence-corrected chi connectivity index (χ2v) is 8.34. The number of nitrogens with two attached hydrogens (primary N) is 1. The van der Waals surface area contributed by atoms with E-state index in [1.165, 1.54) is 11.3 Å². The topological polar surface area (TPSA) is 102 Å². The number of fused-ring (bicyclic) bond motifs is 3. The summed E-state index contributed by atoms with van der Waals surface area (Å²) in [5, 5.41) is 10.6. The molecule has 0 atom stereocenters. The van der Waals surface area contributed by atoms with Gasteiger partial charge in [-0.1, -0.05) is 0 Å². The highest BCUT2D eigenvalue weighted by Gasteiger charge is 2.21. The molecular formula is C20H21N7O2S.